The number of ether oxygens (including phenoxy) is 1. The summed E-state index contributed by atoms with van der Waals surface area (Å²) in [6, 6.07) is 0. The third kappa shape index (κ3) is 13.7. The molecule has 272 valence electrons. The van der Waals surface area contributed by atoms with Crippen LogP contribution in [0.5, 0.6) is 0 Å². The number of carbonyl (C=O) groups is 3. The molecule has 1 saturated heterocycles. The van der Waals surface area contributed by atoms with Crippen LogP contribution in [-0.4, -0.2) is 69.3 Å². The van der Waals surface area contributed by atoms with Crippen molar-refractivity contribution >= 4 is 23.7 Å². The maximum absolute atomic E-state index is 13.5. The highest BCUT2D eigenvalue weighted by atomic mass is 16.6. The van der Waals surface area contributed by atoms with E-state index in [9.17, 15) is 14.4 Å². The van der Waals surface area contributed by atoms with Crippen molar-refractivity contribution in [3.8, 4) is 0 Å². The van der Waals surface area contributed by atoms with Crippen molar-refractivity contribution in [3.05, 3.63) is 35.2 Å². The number of fused-ring (bicyclic) bond motifs is 1. The summed E-state index contributed by atoms with van der Waals surface area (Å²) in [5, 5.41) is 11.0. The van der Waals surface area contributed by atoms with E-state index in [0.717, 1.165) is 62.0 Å². The second kappa shape index (κ2) is 20.3. The molecule has 0 bridgehead atoms. The normalized spacial score (nSPS) is 20.5. The van der Waals surface area contributed by atoms with Gasteiger partial charge in [-0.2, -0.15) is 5.10 Å². The van der Waals surface area contributed by atoms with Gasteiger partial charge in [0.2, 0.25) is 11.8 Å². The van der Waals surface area contributed by atoms with Crippen molar-refractivity contribution in [1.29, 1.82) is 0 Å². The molecule has 1 saturated carbocycles. The van der Waals surface area contributed by atoms with Crippen LogP contribution < -0.4 is 10.6 Å². The Morgan fingerprint density at radius 1 is 0.958 bits per heavy atom. The number of likely N-dealkylation sites (tertiary alicyclic amines) is 1. The molecule has 1 aliphatic carbocycles. The minimum absolute atomic E-state index is 0.0307. The van der Waals surface area contributed by atoms with Gasteiger partial charge in [-0.3, -0.25) is 14.3 Å². The summed E-state index contributed by atoms with van der Waals surface area (Å²) in [4.78, 5) is 42.2. The van der Waals surface area contributed by atoms with Gasteiger partial charge in [-0.05, 0) is 97.8 Å². The monoisotopic (exact) mass is 671 g/mol. The quantitative estimate of drug-likeness (QED) is 0.287. The van der Waals surface area contributed by atoms with Gasteiger partial charge in [0.05, 0.1) is 19.3 Å². The number of aryl methyl sites for hydroxylation is 1. The van der Waals surface area contributed by atoms with E-state index < -0.39 is 5.60 Å². The standard InChI is InChI=1S/C30H48N6O4.C6H12.C2H6/c1-6-7-25-20-36(19-24-18-32-34(5)27(24)33-25)28(38)23-10-8-22(9-11-23)17-31-26(37)16-21-12-14-35(15-13-21)29(39)40-30(2,3)4;1-4-5-6(2)3;1-2/h7,18,21-23,33H,6,8-17,19-20H2,1-5H3,(H,31,37);5H,4H2,1-3H3;1-2H3/b25-7+;;. The molecule has 3 aliphatic rings. The van der Waals surface area contributed by atoms with Crippen molar-refractivity contribution in [2.75, 3.05) is 31.5 Å². The number of nitrogens with zero attached hydrogens (tertiary/aromatic N) is 4. The minimum Gasteiger partial charge on any atom is -0.444 e. The minimum atomic E-state index is -0.496. The van der Waals surface area contributed by atoms with Crippen LogP contribution in [0.2, 0.25) is 0 Å². The summed E-state index contributed by atoms with van der Waals surface area (Å²) in [6.07, 6.45) is 13.8. The molecule has 10 nitrogen and oxygen atoms in total. The maximum atomic E-state index is 13.5. The van der Waals surface area contributed by atoms with Crippen LogP contribution in [0, 0.1) is 17.8 Å². The number of anilines is 1. The van der Waals surface area contributed by atoms with Crippen LogP contribution in [0.4, 0.5) is 10.6 Å². The summed E-state index contributed by atoms with van der Waals surface area (Å²) in [5.74, 6) is 2.01. The van der Waals surface area contributed by atoms with E-state index in [0.29, 0.717) is 51.0 Å². The molecule has 0 atom stereocenters. The lowest BCUT2D eigenvalue weighted by atomic mass is 9.81. The molecule has 0 spiro atoms. The molecule has 48 heavy (non-hydrogen) atoms. The number of carbonyl (C=O) groups excluding carboxylic acids is 3. The first kappa shape index (κ1) is 40.9. The van der Waals surface area contributed by atoms with Crippen molar-refractivity contribution in [3.63, 3.8) is 0 Å². The maximum Gasteiger partial charge on any atom is 0.410 e. The predicted molar refractivity (Wildman–Crippen MR) is 195 cm³/mol. The number of rotatable bonds is 7. The van der Waals surface area contributed by atoms with Gasteiger partial charge in [0.1, 0.15) is 11.4 Å². The van der Waals surface area contributed by atoms with Gasteiger partial charge in [0, 0.05) is 50.3 Å². The zero-order chi connectivity index (χ0) is 35.9. The number of nitrogens with one attached hydrogen (secondary N) is 2. The Balaban J connectivity index is 0.000000901. The lowest BCUT2D eigenvalue weighted by Gasteiger charge is -2.33. The van der Waals surface area contributed by atoms with E-state index in [-0.39, 0.29) is 23.8 Å². The van der Waals surface area contributed by atoms with E-state index >= 15 is 0 Å². The van der Waals surface area contributed by atoms with Crippen molar-refractivity contribution in [2.24, 2.45) is 24.8 Å². The summed E-state index contributed by atoms with van der Waals surface area (Å²) in [6.45, 7) is 21.2. The van der Waals surface area contributed by atoms with Gasteiger partial charge < -0.3 is 25.2 Å². The Hall–Kier alpha value is -3.30. The zero-order valence-corrected chi connectivity index (χ0v) is 31.8. The molecule has 4 rings (SSSR count). The Bertz CT molecular complexity index is 1210. The molecule has 2 aliphatic heterocycles. The number of piperidine rings is 1. The number of amides is 3. The lowest BCUT2D eigenvalue weighted by Crippen LogP contribution is -2.42. The van der Waals surface area contributed by atoms with E-state index in [1.54, 1.807) is 4.90 Å². The summed E-state index contributed by atoms with van der Waals surface area (Å²) in [5.41, 5.74) is 3.01. The lowest BCUT2D eigenvalue weighted by molar-refractivity contribution is -0.137. The third-order valence-electron chi connectivity index (χ3n) is 8.91. The Kier molecular flexibility index (Phi) is 17.3. The fourth-order valence-corrected chi connectivity index (χ4v) is 6.46. The van der Waals surface area contributed by atoms with Crippen LogP contribution in [0.3, 0.4) is 0 Å². The van der Waals surface area contributed by atoms with Crippen LogP contribution in [-0.2, 0) is 27.9 Å². The third-order valence-corrected chi connectivity index (χ3v) is 8.91. The van der Waals surface area contributed by atoms with Crippen LogP contribution in [0.1, 0.15) is 126 Å². The largest absolute Gasteiger partial charge is 0.444 e. The molecule has 0 radical (unpaired) electrons. The van der Waals surface area contributed by atoms with Gasteiger partial charge in [-0.25, -0.2) is 4.79 Å². The zero-order valence-electron chi connectivity index (χ0n) is 31.8. The molecule has 0 aromatic carbocycles. The van der Waals surface area contributed by atoms with E-state index in [4.69, 9.17) is 4.74 Å². The highest BCUT2D eigenvalue weighted by molar-refractivity contribution is 5.80. The molecule has 1 aromatic heterocycles. The first-order valence-electron chi connectivity index (χ1n) is 18.4. The first-order chi connectivity index (χ1) is 22.8. The SMILES string of the molecule is CC.CC/C=C1\CN(C(=O)C2CCC(CNC(=O)CC3CCN(C(=O)OC(C)(C)C)CC3)CC2)Cc2cnn(C)c2N1.CCC=C(C)C. The van der Waals surface area contributed by atoms with Crippen molar-refractivity contribution < 1.29 is 19.1 Å². The Morgan fingerprint density at radius 3 is 2.15 bits per heavy atom. The highest BCUT2D eigenvalue weighted by Crippen LogP contribution is 2.32. The van der Waals surface area contributed by atoms with E-state index in [2.05, 4.69) is 55.6 Å². The average Bonchev–Trinajstić information content (AvgIpc) is 3.26. The highest BCUT2D eigenvalue weighted by Gasteiger charge is 2.32. The van der Waals surface area contributed by atoms with Gasteiger partial charge in [0.15, 0.2) is 0 Å². The Labute approximate surface area is 291 Å². The molecule has 2 fully saturated rings. The molecule has 10 heteroatoms. The number of hydrogen-bond acceptors (Lipinski definition) is 6. The summed E-state index contributed by atoms with van der Waals surface area (Å²) in [7, 11) is 1.92. The molecule has 3 heterocycles. The number of hydrogen-bond donors (Lipinski definition) is 2. The molecule has 3 amide bonds. The fraction of sp³-hybridized carbons (Fsp3) is 0.737. The number of allylic oxidation sites excluding steroid dienone is 3. The summed E-state index contributed by atoms with van der Waals surface area (Å²) < 4.78 is 7.30. The fourth-order valence-electron chi connectivity index (χ4n) is 6.46. The average molecular weight is 671 g/mol. The van der Waals surface area contributed by atoms with Gasteiger partial charge in [-0.1, -0.05) is 45.4 Å². The van der Waals surface area contributed by atoms with Gasteiger partial charge in [0.25, 0.3) is 0 Å². The molecule has 2 N–H and O–H groups in total. The number of aromatic nitrogens is 2. The van der Waals surface area contributed by atoms with Crippen LogP contribution in [0.15, 0.2) is 29.6 Å². The molecular weight excluding hydrogens is 604 g/mol. The van der Waals surface area contributed by atoms with E-state index in [1.807, 2.05) is 57.4 Å². The van der Waals surface area contributed by atoms with Gasteiger partial charge in [-0.15, -0.1) is 0 Å². The second-order valence-corrected chi connectivity index (χ2v) is 14.4. The van der Waals surface area contributed by atoms with E-state index in [1.165, 1.54) is 12.0 Å². The smallest absolute Gasteiger partial charge is 0.410 e. The summed E-state index contributed by atoms with van der Waals surface area (Å²) >= 11 is 0. The first-order valence-corrected chi connectivity index (χ1v) is 18.4. The molecule has 0 unspecified atom stereocenters. The van der Waals surface area contributed by atoms with Crippen LogP contribution in [0.25, 0.3) is 0 Å². The Morgan fingerprint density at radius 2 is 1.60 bits per heavy atom. The second-order valence-electron chi connectivity index (χ2n) is 14.4. The van der Waals surface area contributed by atoms with Crippen molar-refractivity contribution in [1.82, 2.24) is 24.9 Å². The molecule has 1 aromatic rings. The van der Waals surface area contributed by atoms with Gasteiger partial charge >= 0.3 is 6.09 Å². The van der Waals surface area contributed by atoms with Crippen LogP contribution >= 0.6 is 0 Å². The molecular formula is C38H66N6O4. The predicted octanol–water partition coefficient (Wildman–Crippen LogP) is 7.82. The van der Waals surface area contributed by atoms with Crippen molar-refractivity contribution in [2.45, 2.75) is 132 Å². The topological polar surface area (TPSA) is 109 Å².